The van der Waals surface area contributed by atoms with Gasteiger partial charge in [0, 0.05) is 15.7 Å². The molecule has 4 aromatic rings. The lowest BCUT2D eigenvalue weighted by atomic mass is 10.2. The molecule has 4 rings (SSSR count). The summed E-state index contributed by atoms with van der Waals surface area (Å²) >= 11 is 12.1. The number of halogens is 2. The first-order chi connectivity index (χ1) is 15.5. The van der Waals surface area contributed by atoms with Gasteiger partial charge in [0.25, 0.3) is 5.91 Å². The average Bonchev–Trinajstić information content (AvgIpc) is 2.82. The third-order valence-corrected chi connectivity index (χ3v) is 7.60. The number of carbonyl (C=O) groups excluding carboxylic acids is 1. The number of amides is 1. The highest BCUT2D eigenvalue weighted by Crippen LogP contribution is 2.46. The molecular weight excluding hydrogens is 464 g/mol. The van der Waals surface area contributed by atoms with Crippen molar-refractivity contribution in [1.82, 2.24) is 0 Å². The summed E-state index contributed by atoms with van der Waals surface area (Å²) in [5.74, 6) is -0.283. The van der Waals surface area contributed by atoms with Gasteiger partial charge in [-0.2, -0.15) is 0 Å². The van der Waals surface area contributed by atoms with Crippen molar-refractivity contribution in [2.45, 2.75) is 0 Å². The minimum absolute atomic E-state index is 0.164. The number of anilines is 1. The fraction of sp³-hybridized carbons (Fsp3) is 0. The zero-order valence-electron chi connectivity index (χ0n) is 16.7. The molecule has 0 unspecified atom stereocenters. The number of carbonyl (C=O) groups is 1. The monoisotopic (exact) mass is 481 g/mol. The van der Waals surface area contributed by atoms with Gasteiger partial charge in [-0.05, 0) is 66.7 Å². The molecule has 1 N–H and O–H groups in total. The van der Waals surface area contributed by atoms with Crippen molar-refractivity contribution < 1.29 is 13.9 Å². The number of hydrogen-bond donors (Lipinski definition) is 1. The Balaban J connectivity index is 1.75. The summed E-state index contributed by atoms with van der Waals surface area (Å²) in [5, 5.41) is 4.74. The number of nitrogens with one attached hydrogen (secondary N) is 1. The van der Waals surface area contributed by atoms with Gasteiger partial charge >= 0.3 is 7.37 Å². The molecule has 0 heterocycles. The molecule has 4 nitrogen and oxygen atoms in total. The maximum absolute atomic E-state index is 14.2. The van der Waals surface area contributed by atoms with Crippen LogP contribution in [-0.2, 0) is 4.57 Å². The lowest BCUT2D eigenvalue weighted by molar-refractivity contribution is 0.102. The van der Waals surface area contributed by atoms with E-state index in [9.17, 15) is 9.36 Å². The smallest absolute Gasteiger partial charge is 0.306 e. The SMILES string of the molecule is O=C(Nc1ccc(Cl)cc1)c1cc(Cl)ccc1OP(=O)(c1ccccc1)c1ccccc1. The zero-order chi connectivity index (χ0) is 22.6. The third kappa shape index (κ3) is 4.89. The van der Waals surface area contributed by atoms with Crippen LogP contribution in [-0.4, -0.2) is 5.91 Å². The zero-order valence-corrected chi connectivity index (χ0v) is 19.1. The van der Waals surface area contributed by atoms with Gasteiger partial charge < -0.3 is 9.84 Å². The van der Waals surface area contributed by atoms with Crippen molar-refractivity contribution in [1.29, 1.82) is 0 Å². The van der Waals surface area contributed by atoms with E-state index in [-0.39, 0.29) is 11.3 Å². The van der Waals surface area contributed by atoms with Gasteiger partial charge in [-0.25, -0.2) is 0 Å². The second-order valence-electron chi connectivity index (χ2n) is 6.92. The van der Waals surface area contributed by atoms with Gasteiger partial charge in [0.2, 0.25) is 0 Å². The normalized spacial score (nSPS) is 11.1. The summed E-state index contributed by atoms with van der Waals surface area (Å²) in [5.41, 5.74) is 0.721. The molecule has 0 bridgehead atoms. The Morgan fingerprint density at radius 2 is 1.25 bits per heavy atom. The predicted octanol–water partition coefficient (Wildman–Crippen LogP) is 6.55. The molecule has 0 radical (unpaired) electrons. The molecule has 0 aliphatic rings. The standard InChI is InChI=1S/C25H18Cl2NO3P/c26-18-11-14-20(15-12-18)28-25(29)23-17-19(27)13-16-24(23)31-32(30,21-7-3-1-4-8-21)22-9-5-2-6-10-22/h1-17H,(H,28,29). The van der Waals surface area contributed by atoms with Gasteiger partial charge in [-0.1, -0.05) is 59.6 Å². The maximum Gasteiger partial charge on any atom is 0.306 e. The summed E-state index contributed by atoms with van der Waals surface area (Å²) in [7, 11) is -3.56. The van der Waals surface area contributed by atoms with Gasteiger partial charge in [0.05, 0.1) is 16.2 Å². The van der Waals surface area contributed by atoms with Crippen molar-refractivity contribution >= 4 is 52.8 Å². The van der Waals surface area contributed by atoms with Gasteiger partial charge in [-0.3, -0.25) is 9.36 Å². The van der Waals surface area contributed by atoms with E-state index in [1.807, 2.05) is 12.1 Å². The fourth-order valence-electron chi connectivity index (χ4n) is 3.13. The van der Waals surface area contributed by atoms with Gasteiger partial charge in [-0.15, -0.1) is 0 Å². The van der Waals surface area contributed by atoms with Crippen molar-refractivity contribution in [3.05, 3.63) is 119 Å². The predicted molar refractivity (Wildman–Crippen MR) is 131 cm³/mol. The molecule has 0 fully saturated rings. The minimum atomic E-state index is -3.56. The molecule has 4 aromatic carbocycles. The first kappa shape index (κ1) is 22.2. The van der Waals surface area contributed by atoms with Crippen molar-refractivity contribution in [3.8, 4) is 5.75 Å². The van der Waals surface area contributed by atoms with Gasteiger partial charge in [0.15, 0.2) is 0 Å². The number of rotatable bonds is 6. The largest absolute Gasteiger partial charge is 0.436 e. The highest BCUT2D eigenvalue weighted by atomic mass is 35.5. The van der Waals surface area contributed by atoms with Crippen LogP contribution in [0.25, 0.3) is 0 Å². The highest BCUT2D eigenvalue weighted by Gasteiger charge is 2.31. The topological polar surface area (TPSA) is 55.4 Å². The lowest BCUT2D eigenvalue weighted by Crippen LogP contribution is -2.21. The maximum atomic E-state index is 14.2. The average molecular weight is 482 g/mol. The van der Waals surface area contributed by atoms with E-state index in [1.165, 1.54) is 6.07 Å². The van der Waals surface area contributed by atoms with Crippen molar-refractivity contribution in [3.63, 3.8) is 0 Å². The molecule has 7 heteroatoms. The molecule has 160 valence electrons. The van der Waals surface area contributed by atoms with Crippen LogP contribution >= 0.6 is 30.6 Å². The van der Waals surface area contributed by atoms with Crippen LogP contribution in [0.15, 0.2) is 103 Å². The van der Waals surface area contributed by atoms with E-state index in [1.54, 1.807) is 84.9 Å². The van der Waals surface area contributed by atoms with E-state index in [2.05, 4.69) is 5.32 Å². The Morgan fingerprint density at radius 3 is 1.81 bits per heavy atom. The van der Waals surface area contributed by atoms with E-state index in [0.717, 1.165) is 0 Å². The summed E-state index contributed by atoms with van der Waals surface area (Å²) in [6, 6.07) is 29.2. The molecule has 0 saturated carbocycles. The Bertz CT molecular complexity index is 1240. The first-order valence-electron chi connectivity index (χ1n) is 9.73. The van der Waals surface area contributed by atoms with Crippen LogP contribution in [0.5, 0.6) is 5.75 Å². The highest BCUT2D eigenvalue weighted by molar-refractivity contribution is 7.74. The fourth-order valence-corrected chi connectivity index (χ4v) is 5.50. The van der Waals surface area contributed by atoms with E-state index in [4.69, 9.17) is 27.7 Å². The summed E-state index contributed by atoms with van der Waals surface area (Å²) in [6.45, 7) is 0. The molecular formula is C25H18Cl2NO3P. The summed E-state index contributed by atoms with van der Waals surface area (Å²) < 4.78 is 20.4. The Morgan fingerprint density at radius 1 is 0.719 bits per heavy atom. The van der Waals surface area contributed by atoms with Crippen LogP contribution in [0.3, 0.4) is 0 Å². The van der Waals surface area contributed by atoms with Crippen molar-refractivity contribution in [2.75, 3.05) is 5.32 Å². The molecule has 0 aliphatic carbocycles. The van der Waals surface area contributed by atoms with Crippen LogP contribution in [0, 0.1) is 0 Å². The quantitative estimate of drug-likeness (QED) is 0.317. The molecule has 0 saturated heterocycles. The van der Waals surface area contributed by atoms with E-state index < -0.39 is 13.3 Å². The summed E-state index contributed by atoms with van der Waals surface area (Å²) in [6.07, 6.45) is 0. The second-order valence-corrected chi connectivity index (χ2v) is 10.1. The number of hydrogen-bond acceptors (Lipinski definition) is 3. The Kier molecular flexibility index (Phi) is 6.66. The molecule has 32 heavy (non-hydrogen) atoms. The van der Waals surface area contributed by atoms with Crippen LogP contribution < -0.4 is 20.4 Å². The van der Waals surface area contributed by atoms with Crippen molar-refractivity contribution in [2.24, 2.45) is 0 Å². The molecule has 0 aliphatic heterocycles. The van der Waals surface area contributed by atoms with Crippen LogP contribution in [0.4, 0.5) is 5.69 Å². The lowest BCUT2D eigenvalue weighted by Gasteiger charge is -2.22. The van der Waals surface area contributed by atoms with E-state index >= 15 is 0 Å². The minimum Gasteiger partial charge on any atom is -0.436 e. The molecule has 0 spiro atoms. The Hall–Kier alpha value is -3.04. The summed E-state index contributed by atoms with van der Waals surface area (Å²) in [4.78, 5) is 13.1. The third-order valence-electron chi connectivity index (χ3n) is 4.71. The Labute approximate surface area is 196 Å². The van der Waals surface area contributed by atoms with E-state index in [0.29, 0.717) is 26.3 Å². The van der Waals surface area contributed by atoms with Crippen LogP contribution in [0.2, 0.25) is 10.0 Å². The molecule has 0 atom stereocenters. The number of benzene rings is 4. The van der Waals surface area contributed by atoms with Crippen LogP contribution in [0.1, 0.15) is 10.4 Å². The first-order valence-corrected chi connectivity index (χ1v) is 12.1. The second kappa shape index (κ2) is 9.62. The molecule has 0 aromatic heterocycles. The van der Waals surface area contributed by atoms with Gasteiger partial charge in [0.1, 0.15) is 5.75 Å². The molecule has 1 amide bonds.